The van der Waals surface area contributed by atoms with E-state index in [1.54, 1.807) is 0 Å². The summed E-state index contributed by atoms with van der Waals surface area (Å²) in [6.07, 6.45) is -3.36. The molecule has 4 rings (SSSR count). The van der Waals surface area contributed by atoms with Gasteiger partial charge in [-0.3, -0.25) is 24.6 Å². The molecule has 7 nitrogen and oxygen atoms in total. The lowest BCUT2D eigenvalue weighted by Crippen LogP contribution is -2.28. The lowest BCUT2D eigenvalue weighted by Gasteiger charge is -2.14. The van der Waals surface area contributed by atoms with Crippen molar-refractivity contribution >= 4 is 62.2 Å². The molecule has 1 saturated heterocycles. The number of thioether (sulfide) groups is 1. The Morgan fingerprint density at radius 1 is 1.11 bits per heavy atom. The molecule has 0 bridgehead atoms. The van der Waals surface area contributed by atoms with E-state index in [0.29, 0.717) is 29.5 Å². The number of halogens is 6. The normalized spacial score (nSPS) is 14.9. The van der Waals surface area contributed by atoms with E-state index in [-0.39, 0.29) is 32.3 Å². The summed E-state index contributed by atoms with van der Waals surface area (Å²) in [4.78, 5) is 36.5. The first kappa shape index (κ1) is 27.6. The third kappa shape index (κ3) is 5.84. The van der Waals surface area contributed by atoms with Gasteiger partial charge in [0.25, 0.3) is 11.1 Å². The van der Waals surface area contributed by atoms with Gasteiger partial charge in [0.2, 0.25) is 5.75 Å². The van der Waals surface area contributed by atoms with Gasteiger partial charge in [0, 0.05) is 16.7 Å². The molecular formula is C24H12BrClF4N2O5S. The minimum atomic E-state index is -4.77. The quantitative estimate of drug-likeness (QED) is 0.118. The monoisotopic (exact) mass is 630 g/mol. The van der Waals surface area contributed by atoms with Crippen molar-refractivity contribution < 1.29 is 36.8 Å². The molecule has 0 saturated carbocycles. The minimum Gasteiger partial charge on any atom is -0.449 e. The first-order valence-electron chi connectivity index (χ1n) is 10.4. The summed E-state index contributed by atoms with van der Waals surface area (Å²) in [7, 11) is 0. The van der Waals surface area contributed by atoms with Gasteiger partial charge in [-0.15, -0.1) is 0 Å². The van der Waals surface area contributed by atoms with Crippen LogP contribution in [0.15, 0.2) is 64.0 Å². The van der Waals surface area contributed by atoms with E-state index in [1.807, 2.05) is 0 Å². The fourth-order valence-electron chi connectivity index (χ4n) is 3.36. The highest BCUT2D eigenvalue weighted by Crippen LogP contribution is 2.40. The Morgan fingerprint density at radius 3 is 2.45 bits per heavy atom. The molecule has 0 radical (unpaired) electrons. The number of rotatable bonds is 6. The number of hydrogen-bond acceptors (Lipinski definition) is 6. The average molecular weight is 632 g/mol. The summed E-state index contributed by atoms with van der Waals surface area (Å²) in [5, 5.41) is 10.8. The molecule has 2 amide bonds. The summed E-state index contributed by atoms with van der Waals surface area (Å²) < 4.78 is 58.7. The van der Waals surface area contributed by atoms with Crippen molar-refractivity contribution in [3.63, 3.8) is 0 Å². The number of nitrogens with zero attached hydrogens (tertiary/aromatic N) is 2. The Labute approximate surface area is 229 Å². The third-order valence-electron chi connectivity index (χ3n) is 5.21. The first-order valence-corrected chi connectivity index (χ1v) is 12.3. The zero-order chi connectivity index (χ0) is 27.8. The van der Waals surface area contributed by atoms with Crippen molar-refractivity contribution in [2.45, 2.75) is 12.7 Å². The van der Waals surface area contributed by atoms with Crippen LogP contribution in [0.3, 0.4) is 0 Å². The van der Waals surface area contributed by atoms with E-state index in [1.165, 1.54) is 36.4 Å². The number of imide groups is 1. The fourth-order valence-corrected chi connectivity index (χ4v) is 4.90. The molecule has 3 aromatic rings. The number of nitro groups is 1. The van der Waals surface area contributed by atoms with Gasteiger partial charge < -0.3 is 4.74 Å². The van der Waals surface area contributed by atoms with Crippen LogP contribution >= 0.6 is 39.3 Å². The van der Waals surface area contributed by atoms with Gasteiger partial charge in [-0.1, -0.05) is 23.7 Å². The Bertz CT molecular complexity index is 1500. The van der Waals surface area contributed by atoms with Crippen LogP contribution < -0.4 is 4.74 Å². The SMILES string of the molecule is O=C1S/C(=C/c2ccc(Oc3ccc(C(F)(F)F)cc3[N+](=O)[O-])c(Br)c2)C(=O)N1Cc1c(F)cccc1Cl. The smallest absolute Gasteiger partial charge is 0.416 e. The molecule has 1 heterocycles. The van der Waals surface area contributed by atoms with Crippen molar-refractivity contribution in [1.29, 1.82) is 0 Å². The maximum Gasteiger partial charge on any atom is 0.416 e. The molecule has 14 heteroatoms. The second-order valence-electron chi connectivity index (χ2n) is 7.70. The topological polar surface area (TPSA) is 89.7 Å². The van der Waals surface area contributed by atoms with Crippen LogP contribution in [0.5, 0.6) is 11.5 Å². The zero-order valence-corrected chi connectivity index (χ0v) is 21.8. The maximum atomic E-state index is 14.1. The summed E-state index contributed by atoms with van der Waals surface area (Å²) in [6, 6.07) is 10.2. The summed E-state index contributed by atoms with van der Waals surface area (Å²) in [5.74, 6) is -1.68. The van der Waals surface area contributed by atoms with Gasteiger partial charge in [-0.2, -0.15) is 13.2 Å². The van der Waals surface area contributed by atoms with Gasteiger partial charge in [-0.05, 0) is 75.7 Å². The highest BCUT2D eigenvalue weighted by Gasteiger charge is 2.36. The molecule has 0 aliphatic carbocycles. The van der Waals surface area contributed by atoms with Gasteiger partial charge in [0.15, 0.2) is 0 Å². The molecule has 1 aliphatic heterocycles. The van der Waals surface area contributed by atoms with Gasteiger partial charge in [0.1, 0.15) is 11.6 Å². The van der Waals surface area contributed by atoms with E-state index in [4.69, 9.17) is 16.3 Å². The number of benzene rings is 3. The summed E-state index contributed by atoms with van der Waals surface area (Å²) in [5.41, 5.74) is -1.64. The Kier molecular flexibility index (Phi) is 7.81. The molecular weight excluding hydrogens is 620 g/mol. The number of alkyl halides is 3. The summed E-state index contributed by atoms with van der Waals surface area (Å²) in [6.45, 7) is -0.351. The molecule has 38 heavy (non-hydrogen) atoms. The number of nitro benzene ring substituents is 1. The molecule has 1 aliphatic rings. The lowest BCUT2D eigenvalue weighted by atomic mass is 10.1. The second-order valence-corrected chi connectivity index (χ2v) is 9.95. The van der Waals surface area contributed by atoms with E-state index >= 15 is 0 Å². The van der Waals surface area contributed by atoms with E-state index < -0.39 is 45.1 Å². The van der Waals surface area contributed by atoms with Crippen molar-refractivity contribution in [3.05, 3.63) is 102 Å². The van der Waals surface area contributed by atoms with Crippen LogP contribution in [0.1, 0.15) is 16.7 Å². The molecule has 196 valence electrons. The highest BCUT2D eigenvalue weighted by molar-refractivity contribution is 9.10. The standard InChI is InChI=1S/C24H12BrClF4N2O5S/c25-15-8-12(4-6-19(15)37-20-7-5-13(24(28,29)30)10-18(20)32(35)36)9-21-22(33)31(23(34)38-21)11-14-16(26)2-1-3-17(14)27/h1-10H,11H2/b21-9+. The third-order valence-corrected chi connectivity index (χ3v) is 7.09. The van der Waals surface area contributed by atoms with Crippen molar-refractivity contribution in [1.82, 2.24) is 4.90 Å². The van der Waals surface area contributed by atoms with Crippen molar-refractivity contribution in [2.75, 3.05) is 0 Å². The van der Waals surface area contributed by atoms with E-state index in [9.17, 15) is 37.3 Å². The van der Waals surface area contributed by atoms with Crippen LogP contribution in [-0.4, -0.2) is 21.0 Å². The van der Waals surface area contributed by atoms with Crippen molar-refractivity contribution in [2.24, 2.45) is 0 Å². The number of carbonyl (C=O) groups excluding carboxylic acids is 2. The number of ether oxygens (including phenoxy) is 1. The van der Waals surface area contributed by atoms with Gasteiger partial charge in [-0.25, -0.2) is 4.39 Å². The molecule has 3 aromatic carbocycles. The van der Waals surface area contributed by atoms with Crippen LogP contribution in [0.2, 0.25) is 5.02 Å². The number of hydrogen-bond donors (Lipinski definition) is 0. The van der Waals surface area contributed by atoms with Crippen LogP contribution in [0.25, 0.3) is 6.08 Å². The Morgan fingerprint density at radius 2 is 1.82 bits per heavy atom. The summed E-state index contributed by atoms with van der Waals surface area (Å²) >= 11 is 9.88. The fraction of sp³-hybridized carbons (Fsp3) is 0.0833. The molecule has 0 aromatic heterocycles. The largest absolute Gasteiger partial charge is 0.449 e. The molecule has 0 N–H and O–H groups in total. The van der Waals surface area contributed by atoms with Gasteiger partial charge >= 0.3 is 11.9 Å². The van der Waals surface area contributed by atoms with Crippen LogP contribution in [0, 0.1) is 15.9 Å². The molecule has 1 fully saturated rings. The van der Waals surface area contributed by atoms with Crippen LogP contribution in [0.4, 0.5) is 28.0 Å². The highest BCUT2D eigenvalue weighted by atomic mass is 79.9. The van der Waals surface area contributed by atoms with Gasteiger partial charge in [0.05, 0.1) is 26.4 Å². The minimum absolute atomic E-state index is 0.000627. The van der Waals surface area contributed by atoms with Crippen molar-refractivity contribution in [3.8, 4) is 11.5 Å². The predicted molar refractivity (Wildman–Crippen MR) is 135 cm³/mol. The second kappa shape index (κ2) is 10.8. The lowest BCUT2D eigenvalue weighted by molar-refractivity contribution is -0.385. The Hall–Kier alpha value is -3.42. The average Bonchev–Trinajstić information content (AvgIpc) is 3.09. The molecule has 0 unspecified atom stereocenters. The molecule has 0 spiro atoms. The van der Waals surface area contributed by atoms with E-state index in [2.05, 4.69) is 15.9 Å². The molecule has 0 atom stereocenters. The first-order chi connectivity index (χ1) is 17.8. The van der Waals surface area contributed by atoms with Crippen LogP contribution in [-0.2, 0) is 17.5 Å². The number of carbonyl (C=O) groups is 2. The predicted octanol–water partition coefficient (Wildman–Crippen LogP) is 8.20. The maximum absolute atomic E-state index is 14.1. The zero-order valence-electron chi connectivity index (χ0n) is 18.6. The van der Waals surface area contributed by atoms with E-state index in [0.717, 1.165) is 17.0 Å². The Balaban J connectivity index is 1.55. The number of amides is 2.